The minimum Gasteiger partial charge on any atom is -0.396 e. The molecular weight excluding hydrogens is 212 g/mol. The molecule has 0 aromatic heterocycles. The predicted octanol–water partition coefficient (Wildman–Crippen LogP) is 2.43. The standard InChI is InChI=1S/C11H15ClN2O/c1-9(14-15-8-2-7-13)10-3-5-11(12)6-4-10/h3-6H,2,7-8,13H2,1H3/b14-9+. The van der Waals surface area contributed by atoms with E-state index in [4.69, 9.17) is 22.2 Å². The molecule has 3 nitrogen and oxygen atoms in total. The highest BCUT2D eigenvalue weighted by atomic mass is 35.5. The van der Waals surface area contributed by atoms with Crippen LogP contribution in [0.5, 0.6) is 0 Å². The fraction of sp³-hybridized carbons (Fsp3) is 0.364. The van der Waals surface area contributed by atoms with Gasteiger partial charge in [0.05, 0.1) is 5.71 Å². The van der Waals surface area contributed by atoms with E-state index in [2.05, 4.69) is 5.16 Å². The van der Waals surface area contributed by atoms with Gasteiger partial charge in [0.1, 0.15) is 6.61 Å². The van der Waals surface area contributed by atoms with Crippen LogP contribution in [-0.2, 0) is 4.84 Å². The van der Waals surface area contributed by atoms with E-state index in [1.54, 1.807) is 0 Å². The Morgan fingerprint density at radius 1 is 1.40 bits per heavy atom. The van der Waals surface area contributed by atoms with E-state index in [0.29, 0.717) is 13.2 Å². The van der Waals surface area contributed by atoms with Crippen LogP contribution in [0.15, 0.2) is 29.4 Å². The minimum atomic E-state index is 0.557. The first-order valence-corrected chi connectivity index (χ1v) is 5.24. The lowest BCUT2D eigenvalue weighted by molar-refractivity contribution is 0.143. The highest BCUT2D eigenvalue weighted by Gasteiger charge is 1.97. The van der Waals surface area contributed by atoms with Gasteiger partial charge in [0.15, 0.2) is 0 Å². The topological polar surface area (TPSA) is 47.6 Å². The quantitative estimate of drug-likeness (QED) is 0.476. The van der Waals surface area contributed by atoms with Crippen molar-refractivity contribution in [1.82, 2.24) is 0 Å². The van der Waals surface area contributed by atoms with Gasteiger partial charge < -0.3 is 10.6 Å². The van der Waals surface area contributed by atoms with Crippen molar-refractivity contribution in [1.29, 1.82) is 0 Å². The van der Waals surface area contributed by atoms with Crippen LogP contribution in [0.2, 0.25) is 5.02 Å². The maximum absolute atomic E-state index is 5.78. The van der Waals surface area contributed by atoms with Crippen LogP contribution in [0.3, 0.4) is 0 Å². The molecule has 0 saturated carbocycles. The van der Waals surface area contributed by atoms with Gasteiger partial charge in [-0.3, -0.25) is 0 Å². The lowest BCUT2D eigenvalue weighted by atomic mass is 10.1. The molecule has 0 fully saturated rings. The first-order chi connectivity index (χ1) is 7.24. The minimum absolute atomic E-state index is 0.557. The second-order valence-electron chi connectivity index (χ2n) is 3.16. The number of benzene rings is 1. The van der Waals surface area contributed by atoms with E-state index in [1.165, 1.54) is 0 Å². The molecule has 2 N–H and O–H groups in total. The van der Waals surface area contributed by atoms with Crippen molar-refractivity contribution in [2.75, 3.05) is 13.2 Å². The lowest BCUT2D eigenvalue weighted by Gasteiger charge is -2.01. The molecule has 15 heavy (non-hydrogen) atoms. The third-order valence-corrected chi connectivity index (χ3v) is 2.16. The first-order valence-electron chi connectivity index (χ1n) is 4.86. The molecule has 0 saturated heterocycles. The summed E-state index contributed by atoms with van der Waals surface area (Å²) in [6, 6.07) is 7.48. The second kappa shape index (κ2) is 6.43. The molecule has 1 rings (SSSR count). The normalized spacial score (nSPS) is 11.5. The van der Waals surface area contributed by atoms with Crippen molar-refractivity contribution in [3.8, 4) is 0 Å². The van der Waals surface area contributed by atoms with Crippen molar-refractivity contribution in [3.63, 3.8) is 0 Å². The van der Waals surface area contributed by atoms with E-state index in [1.807, 2.05) is 31.2 Å². The van der Waals surface area contributed by atoms with Gasteiger partial charge >= 0.3 is 0 Å². The number of hydrogen-bond acceptors (Lipinski definition) is 3. The maximum Gasteiger partial charge on any atom is 0.118 e. The Balaban J connectivity index is 2.52. The highest BCUT2D eigenvalue weighted by Crippen LogP contribution is 2.10. The molecule has 1 aromatic carbocycles. The van der Waals surface area contributed by atoms with Crippen molar-refractivity contribution >= 4 is 17.3 Å². The van der Waals surface area contributed by atoms with Crippen LogP contribution in [0, 0.1) is 0 Å². The Bertz CT molecular complexity index is 322. The lowest BCUT2D eigenvalue weighted by Crippen LogP contribution is -2.03. The summed E-state index contributed by atoms with van der Waals surface area (Å²) in [7, 11) is 0. The van der Waals surface area contributed by atoms with E-state index in [9.17, 15) is 0 Å². The van der Waals surface area contributed by atoms with E-state index in [0.717, 1.165) is 22.7 Å². The van der Waals surface area contributed by atoms with Crippen LogP contribution in [0.4, 0.5) is 0 Å². The van der Waals surface area contributed by atoms with E-state index >= 15 is 0 Å². The molecule has 0 bridgehead atoms. The SMILES string of the molecule is C/C(=N\OCCCN)c1ccc(Cl)cc1. The zero-order valence-electron chi connectivity index (χ0n) is 8.74. The number of rotatable bonds is 5. The van der Waals surface area contributed by atoms with Crippen molar-refractivity contribution in [2.24, 2.45) is 10.9 Å². The zero-order chi connectivity index (χ0) is 11.1. The number of hydrogen-bond donors (Lipinski definition) is 1. The molecule has 0 aliphatic carbocycles. The van der Waals surface area contributed by atoms with Crippen LogP contribution in [-0.4, -0.2) is 18.9 Å². The Labute approximate surface area is 94.9 Å². The highest BCUT2D eigenvalue weighted by molar-refractivity contribution is 6.30. The molecule has 0 aliphatic rings. The smallest absolute Gasteiger partial charge is 0.118 e. The number of nitrogens with zero attached hydrogens (tertiary/aromatic N) is 1. The van der Waals surface area contributed by atoms with Gasteiger partial charge in [-0.05, 0) is 37.6 Å². The molecule has 0 unspecified atom stereocenters. The third kappa shape index (κ3) is 4.32. The molecule has 82 valence electrons. The Morgan fingerprint density at radius 3 is 2.67 bits per heavy atom. The summed E-state index contributed by atoms with van der Waals surface area (Å²) in [5, 5.41) is 4.70. The van der Waals surface area contributed by atoms with Crippen molar-refractivity contribution < 1.29 is 4.84 Å². The maximum atomic E-state index is 5.78. The third-order valence-electron chi connectivity index (χ3n) is 1.90. The molecule has 0 heterocycles. The molecule has 0 spiro atoms. The van der Waals surface area contributed by atoms with E-state index in [-0.39, 0.29) is 0 Å². The number of oxime groups is 1. The largest absolute Gasteiger partial charge is 0.396 e. The van der Waals surface area contributed by atoms with Gasteiger partial charge in [-0.15, -0.1) is 0 Å². The molecule has 0 amide bonds. The summed E-state index contributed by atoms with van der Waals surface area (Å²) in [6.07, 6.45) is 0.817. The molecule has 1 aromatic rings. The van der Waals surface area contributed by atoms with Crippen LogP contribution in [0.1, 0.15) is 18.9 Å². The first kappa shape index (κ1) is 12.0. The summed E-state index contributed by atoms with van der Waals surface area (Å²) in [5.41, 5.74) is 7.17. The van der Waals surface area contributed by atoms with Gasteiger partial charge in [0, 0.05) is 5.02 Å². The predicted molar refractivity (Wildman–Crippen MR) is 63.3 cm³/mol. The summed E-state index contributed by atoms with van der Waals surface area (Å²) >= 11 is 5.78. The Hall–Kier alpha value is -1.06. The fourth-order valence-corrected chi connectivity index (χ4v) is 1.16. The van der Waals surface area contributed by atoms with Crippen LogP contribution >= 0.6 is 11.6 Å². The number of halogens is 1. The summed E-state index contributed by atoms with van der Waals surface area (Å²) in [6.45, 7) is 3.07. The van der Waals surface area contributed by atoms with Crippen LogP contribution in [0.25, 0.3) is 0 Å². The average molecular weight is 227 g/mol. The zero-order valence-corrected chi connectivity index (χ0v) is 9.50. The van der Waals surface area contributed by atoms with Gasteiger partial charge in [-0.2, -0.15) is 0 Å². The van der Waals surface area contributed by atoms with Gasteiger partial charge in [0.2, 0.25) is 0 Å². The fourth-order valence-electron chi connectivity index (χ4n) is 1.03. The van der Waals surface area contributed by atoms with Gasteiger partial charge in [-0.1, -0.05) is 28.9 Å². The summed E-state index contributed by atoms with van der Waals surface area (Å²) in [4.78, 5) is 5.10. The van der Waals surface area contributed by atoms with Crippen LogP contribution < -0.4 is 5.73 Å². The Kier molecular flexibility index (Phi) is 5.15. The van der Waals surface area contributed by atoms with E-state index < -0.39 is 0 Å². The molecule has 0 atom stereocenters. The molecule has 4 heteroatoms. The van der Waals surface area contributed by atoms with Gasteiger partial charge in [-0.25, -0.2) is 0 Å². The van der Waals surface area contributed by atoms with Crippen molar-refractivity contribution in [2.45, 2.75) is 13.3 Å². The molecule has 0 aliphatic heterocycles. The average Bonchev–Trinajstić information content (AvgIpc) is 2.25. The monoisotopic (exact) mass is 226 g/mol. The van der Waals surface area contributed by atoms with Crippen molar-refractivity contribution in [3.05, 3.63) is 34.9 Å². The summed E-state index contributed by atoms with van der Waals surface area (Å²) in [5.74, 6) is 0. The second-order valence-corrected chi connectivity index (χ2v) is 3.60. The van der Waals surface area contributed by atoms with Gasteiger partial charge in [0.25, 0.3) is 0 Å². The number of nitrogens with two attached hydrogens (primary N) is 1. The molecular formula is C11H15ClN2O. The molecule has 0 radical (unpaired) electrons. The Morgan fingerprint density at radius 2 is 2.07 bits per heavy atom. The summed E-state index contributed by atoms with van der Waals surface area (Å²) < 4.78 is 0.